The van der Waals surface area contributed by atoms with Crippen molar-refractivity contribution in [3.63, 3.8) is 0 Å². The average molecular weight is 236 g/mol. The quantitative estimate of drug-likeness (QED) is 0.799. The van der Waals surface area contributed by atoms with Crippen LogP contribution < -0.4 is 5.73 Å². The Morgan fingerprint density at radius 1 is 0.941 bits per heavy atom. The fourth-order valence-electron chi connectivity index (χ4n) is 4.62. The van der Waals surface area contributed by atoms with Gasteiger partial charge in [-0.2, -0.15) is 0 Å². The monoisotopic (exact) mass is 236 g/mol. The van der Waals surface area contributed by atoms with Gasteiger partial charge in [-0.15, -0.1) is 0 Å². The van der Waals surface area contributed by atoms with Gasteiger partial charge in [-0.25, -0.2) is 0 Å². The van der Waals surface area contributed by atoms with Crippen molar-refractivity contribution >= 4 is 0 Å². The zero-order valence-corrected chi connectivity index (χ0v) is 11.2. The van der Waals surface area contributed by atoms with Crippen LogP contribution in [0.3, 0.4) is 0 Å². The number of nitrogens with zero attached hydrogens (tertiary/aromatic N) is 1. The molecule has 98 valence electrons. The van der Waals surface area contributed by atoms with Gasteiger partial charge >= 0.3 is 0 Å². The van der Waals surface area contributed by atoms with Crippen molar-refractivity contribution in [3.05, 3.63) is 0 Å². The summed E-state index contributed by atoms with van der Waals surface area (Å²) in [7, 11) is 0. The normalized spacial score (nSPS) is 37.9. The zero-order valence-electron chi connectivity index (χ0n) is 11.2. The molecule has 1 heterocycles. The SMILES string of the molecule is NCC1CCCC1N1CC2(CCCCCC2)C1. The second kappa shape index (κ2) is 4.89. The van der Waals surface area contributed by atoms with Crippen molar-refractivity contribution in [1.29, 1.82) is 0 Å². The molecule has 2 atom stereocenters. The standard InChI is InChI=1S/C15H28N2/c16-10-13-6-5-7-14(13)17-11-15(12-17)8-3-1-2-4-9-15/h13-14H,1-12,16H2. The summed E-state index contributed by atoms with van der Waals surface area (Å²) in [6, 6.07) is 0.842. The molecular formula is C15H28N2. The first-order chi connectivity index (χ1) is 8.33. The zero-order chi connectivity index (χ0) is 11.7. The van der Waals surface area contributed by atoms with E-state index in [0.717, 1.165) is 23.9 Å². The molecule has 2 N–H and O–H groups in total. The maximum Gasteiger partial charge on any atom is 0.0136 e. The van der Waals surface area contributed by atoms with Crippen LogP contribution in [0.25, 0.3) is 0 Å². The lowest BCUT2D eigenvalue weighted by atomic mass is 9.72. The van der Waals surface area contributed by atoms with E-state index >= 15 is 0 Å². The first-order valence-electron chi connectivity index (χ1n) is 7.77. The van der Waals surface area contributed by atoms with Gasteiger partial charge < -0.3 is 5.73 Å². The van der Waals surface area contributed by atoms with E-state index in [9.17, 15) is 0 Å². The van der Waals surface area contributed by atoms with Crippen molar-refractivity contribution < 1.29 is 0 Å². The first kappa shape index (κ1) is 12.0. The summed E-state index contributed by atoms with van der Waals surface area (Å²) in [4.78, 5) is 2.77. The molecule has 17 heavy (non-hydrogen) atoms. The molecule has 3 fully saturated rings. The molecule has 3 rings (SSSR count). The van der Waals surface area contributed by atoms with Crippen molar-refractivity contribution in [2.45, 2.75) is 63.8 Å². The van der Waals surface area contributed by atoms with Crippen molar-refractivity contribution in [2.75, 3.05) is 19.6 Å². The Labute approximate surface area is 106 Å². The maximum atomic E-state index is 5.91. The molecule has 2 unspecified atom stereocenters. The number of hydrogen-bond acceptors (Lipinski definition) is 2. The Kier molecular flexibility index (Phi) is 3.45. The van der Waals surface area contributed by atoms with Crippen LogP contribution in [0, 0.1) is 11.3 Å². The average Bonchev–Trinajstić information content (AvgIpc) is 2.62. The second-order valence-electron chi connectivity index (χ2n) is 6.81. The van der Waals surface area contributed by atoms with Gasteiger partial charge in [0, 0.05) is 19.1 Å². The van der Waals surface area contributed by atoms with Crippen molar-refractivity contribution in [3.8, 4) is 0 Å². The summed E-state index contributed by atoms with van der Waals surface area (Å²) in [6.07, 6.45) is 13.1. The second-order valence-corrected chi connectivity index (χ2v) is 6.81. The molecule has 0 bridgehead atoms. The molecule has 2 heteroatoms. The van der Waals surface area contributed by atoms with Crippen LogP contribution in [0.1, 0.15) is 57.8 Å². The Balaban J connectivity index is 1.56. The molecule has 0 radical (unpaired) electrons. The predicted molar refractivity (Wildman–Crippen MR) is 71.9 cm³/mol. The predicted octanol–water partition coefficient (Wildman–Crippen LogP) is 2.77. The van der Waals surface area contributed by atoms with E-state index in [1.54, 1.807) is 0 Å². The number of nitrogens with two attached hydrogens (primary N) is 1. The van der Waals surface area contributed by atoms with E-state index in [1.165, 1.54) is 70.9 Å². The van der Waals surface area contributed by atoms with E-state index in [-0.39, 0.29) is 0 Å². The molecular weight excluding hydrogens is 208 g/mol. The summed E-state index contributed by atoms with van der Waals surface area (Å²) in [5.74, 6) is 0.804. The number of hydrogen-bond donors (Lipinski definition) is 1. The van der Waals surface area contributed by atoms with E-state index in [2.05, 4.69) is 4.90 Å². The Bertz CT molecular complexity index is 248. The Hall–Kier alpha value is -0.0800. The highest BCUT2D eigenvalue weighted by atomic mass is 15.2. The molecule has 2 nitrogen and oxygen atoms in total. The van der Waals surface area contributed by atoms with E-state index in [0.29, 0.717) is 0 Å². The van der Waals surface area contributed by atoms with Gasteiger partial charge in [0.15, 0.2) is 0 Å². The lowest BCUT2D eigenvalue weighted by Gasteiger charge is -2.54. The Morgan fingerprint density at radius 2 is 1.65 bits per heavy atom. The number of rotatable bonds is 2. The summed E-state index contributed by atoms with van der Waals surface area (Å²) >= 11 is 0. The lowest BCUT2D eigenvalue weighted by Crippen LogP contribution is -2.60. The summed E-state index contributed by atoms with van der Waals surface area (Å²) in [6.45, 7) is 3.70. The summed E-state index contributed by atoms with van der Waals surface area (Å²) in [5.41, 5.74) is 6.64. The number of likely N-dealkylation sites (tertiary alicyclic amines) is 1. The first-order valence-corrected chi connectivity index (χ1v) is 7.77. The molecule has 1 saturated heterocycles. The van der Waals surface area contributed by atoms with Crippen LogP contribution >= 0.6 is 0 Å². The van der Waals surface area contributed by atoms with Gasteiger partial charge in [0.05, 0.1) is 0 Å². The highest BCUT2D eigenvalue weighted by molar-refractivity contribution is 5.00. The molecule has 0 aromatic heterocycles. The summed E-state index contributed by atoms with van der Waals surface area (Å²) < 4.78 is 0. The molecule has 2 aliphatic carbocycles. The van der Waals surface area contributed by atoms with Crippen LogP contribution in [0.15, 0.2) is 0 Å². The van der Waals surface area contributed by atoms with Crippen molar-refractivity contribution in [2.24, 2.45) is 17.1 Å². The van der Waals surface area contributed by atoms with Crippen molar-refractivity contribution in [1.82, 2.24) is 4.90 Å². The van der Waals surface area contributed by atoms with Crippen LogP contribution in [0.5, 0.6) is 0 Å². The van der Waals surface area contributed by atoms with Crippen LogP contribution in [-0.4, -0.2) is 30.6 Å². The van der Waals surface area contributed by atoms with Crippen LogP contribution in [0.2, 0.25) is 0 Å². The minimum absolute atomic E-state index is 0.734. The van der Waals surface area contributed by atoms with E-state index in [1.807, 2.05) is 0 Å². The third-order valence-electron chi connectivity index (χ3n) is 5.63. The fraction of sp³-hybridized carbons (Fsp3) is 1.00. The highest BCUT2D eigenvalue weighted by Crippen LogP contribution is 2.46. The largest absolute Gasteiger partial charge is 0.330 e. The van der Waals surface area contributed by atoms with Gasteiger partial charge in [0.25, 0.3) is 0 Å². The fourth-order valence-corrected chi connectivity index (χ4v) is 4.62. The topological polar surface area (TPSA) is 29.3 Å². The maximum absolute atomic E-state index is 5.91. The molecule has 1 spiro atoms. The molecule has 0 aromatic rings. The van der Waals surface area contributed by atoms with Gasteiger partial charge in [-0.3, -0.25) is 4.90 Å². The van der Waals surface area contributed by atoms with Gasteiger partial charge in [0.2, 0.25) is 0 Å². The van der Waals surface area contributed by atoms with Gasteiger partial charge in [-0.1, -0.05) is 32.1 Å². The minimum Gasteiger partial charge on any atom is -0.330 e. The highest BCUT2D eigenvalue weighted by Gasteiger charge is 2.47. The third-order valence-corrected chi connectivity index (χ3v) is 5.63. The summed E-state index contributed by atoms with van der Waals surface area (Å²) in [5, 5.41) is 0. The molecule has 2 saturated carbocycles. The van der Waals surface area contributed by atoms with E-state index in [4.69, 9.17) is 5.73 Å². The van der Waals surface area contributed by atoms with Gasteiger partial charge in [-0.05, 0) is 43.6 Å². The molecule has 0 amide bonds. The minimum atomic E-state index is 0.734. The smallest absolute Gasteiger partial charge is 0.0136 e. The molecule has 0 aromatic carbocycles. The molecule has 1 aliphatic heterocycles. The lowest BCUT2D eigenvalue weighted by molar-refractivity contribution is -0.0504. The van der Waals surface area contributed by atoms with Gasteiger partial charge in [0.1, 0.15) is 0 Å². The van der Waals surface area contributed by atoms with Crippen LogP contribution in [0.4, 0.5) is 0 Å². The van der Waals surface area contributed by atoms with Crippen LogP contribution in [-0.2, 0) is 0 Å². The molecule has 3 aliphatic rings. The Morgan fingerprint density at radius 3 is 2.29 bits per heavy atom. The van der Waals surface area contributed by atoms with E-state index < -0.39 is 0 Å². The third kappa shape index (κ3) is 2.26.